The number of benzene rings is 2. The molecular formula is C16H15N3O. The number of hydrogen-bond donors (Lipinski definition) is 3. The average molecular weight is 265 g/mol. The number of nitrogens with two attached hydrogens (primary N) is 1. The Labute approximate surface area is 116 Å². The van der Waals surface area contributed by atoms with Crippen LogP contribution in [0.2, 0.25) is 0 Å². The predicted octanol–water partition coefficient (Wildman–Crippen LogP) is 2.68. The van der Waals surface area contributed by atoms with Crippen molar-refractivity contribution in [3.05, 3.63) is 65.9 Å². The molecule has 0 aliphatic rings. The van der Waals surface area contributed by atoms with Crippen molar-refractivity contribution in [2.45, 2.75) is 6.54 Å². The highest BCUT2D eigenvalue weighted by Crippen LogP contribution is 2.20. The number of phenolic OH excluding ortho intramolecular Hbond substituents is 1. The molecule has 4 heteroatoms. The number of aromatic hydroxyl groups is 1. The third-order valence-electron chi connectivity index (χ3n) is 3.35. The highest BCUT2D eigenvalue weighted by Gasteiger charge is 2.04. The van der Waals surface area contributed by atoms with Gasteiger partial charge < -0.3 is 15.4 Å². The van der Waals surface area contributed by atoms with Gasteiger partial charge in [-0.3, -0.25) is 5.41 Å². The fourth-order valence-electron chi connectivity index (χ4n) is 2.36. The van der Waals surface area contributed by atoms with Crippen LogP contribution in [0.15, 0.2) is 54.7 Å². The average Bonchev–Trinajstić information content (AvgIpc) is 2.81. The minimum Gasteiger partial charge on any atom is -0.508 e. The van der Waals surface area contributed by atoms with Gasteiger partial charge in [-0.1, -0.05) is 12.1 Å². The van der Waals surface area contributed by atoms with E-state index in [9.17, 15) is 5.11 Å². The molecular weight excluding hydrogens is 250 g/mol. The first-order chi connectivity index (χ1) is 9.63. The maximum absolute atomic E-state index is 9.51. The summed E-state index contributed by atoms with van der Waals surface area (Å²) in [5.74, 6) is 0.352. The predicted molar refractivity (Wildman–Crippen MR) is 80.2 cm³/mol. The van der Waals surface area contributed by atoms with E-state index in [1.54, 1.807) is 12.1 Å². The summed E-state index contributed by atoms with van der Waals surface area (Å²) in [6.45, 7) is 0.692. The third-order valence-corrected chi connectivity index (χ3v) is 3.35. The van der Waals surface area contributed by atoms with Gasteiger partial charge >= 0.3 is 0 Å². The summed E-state index contributed by atoms with van der Waals surface area (Å²) >= 11 is 0. The van der Waals surface area contributed by atoms with Gasteiger partial charge in [0.2, 0.25) is 0 Å². The van der Waals surface area contributed by atoms with E-state index in [1.165, 1.54) is 0 Å². The second-order valence-electron chi connectivity index (χ2n) is 4.80. The zero-order chi connectivity index (χ0) is 14.1. The molecule has 4 nitrogen and oxygen atoms in total. The van der Waals surface area contributed by atoms with Gasteiger partial charge in [0.05, 0.1) is 0 Å². The molecule has 0 saturated carbocycles. The topological polar surface area (TPSA) is 75.0 Å². The van der Waals surface area contributed by atoms with Crippen LogP contribution in [-0.4, -0.2) is 15.5 Å². The SMILES string of the molecule is N=C(N)c1ccc2c(ccn2Cc2cccc(O)c2)c1. The highest BCUT2D eigenvalue weighted by molar-refractivity contribution is 5.98. The van der Waals surface area contributed by atoms with E-state index in [-0.39, 0.29) is 11.6 Å². The first-order valence-electron chi connectivity index (χ1n) is 6.35. The summed E-state index contributed by atoms with van der Waals surface area (Å²) in [4.78, 5) is 0. The molecule has 0 aliphatic carbocycles. The molecule has 0 bridgehead atoms. The number of hydrogen-bond acceptors (Lipinski definition) is 2. The summed E-state index contributed by atoms with van der Waals surface area (Å²) in [6.07, 6.45) is 2.00. The largest absolute Gasteiger partial charge is 0.508 e. The minimum absolute atomic E-state index is 0.0765. The van der Waals surface area contributed by atoms with Crippen molar-refractivity contribution in [2.75, 3.05) is 0 Å². The number of fused-ring (bicyclic) bond motifs is 1. The van der Waals surface area contributed by atoms with Crippen molar-refractivity contribution in [3.63, 3.8) is 0 Å². The lowest BCUT2D eigenvalue weighted by Crippen LogP contribution is -2.10. The van der Waals surface area contributed by atoms with Gasteiger partial charge in [0.15, 0.2) is 0 Å². The van der Waals surface area contributed by atoms with Gasteiger partial charge in [0.25, 0.3) is 0 Å². The van der Waals surface area contributed by atoms with Crippen molar-refractivity contribution in [3.8, 4) is 5.75 Å². The van der Waals surface area contributed by atoms with Gasteiger partial charge in [-0.2, -0.15) is 0 Å². The number of phenols is 1. The summed E-state index contributed by atoms with van der Waals surface area (Å²) in [5, 5.41) is 18.0. The van der Waals surface area contributed by atoms with Gasteiger partial charge in [0.1, 0.15) is 11.6 Å². The Kier molecular flexibility index (Phi) is 2.91. The number of amidine groups is 1. The molecule has 0 aliphatic heterocycles. The molecule has 0 amide bonds. The van der Waals surface area contributed by atoms with Crippen LogP contribution in [0.1, 0.15) is 11.1 Å². The Morgan fingerprint density at radius 3 is 2.75 bits per heavy atom. The normalized spacial score (nSPS) is 10.8. The quantitative estimate of drug-likeness (QED) is 0.503. The first-order valence-corrected chi connectivity index (χ1v) is 6.35. The van der Waals surface area contributed by atoms with Crippen molar-refractivity contribution in [1.29, 1.82) is 5.41 Å². The monoisotopic (exact) mass is 265 g/mol. The number of nitrogens with one attached hydrogen (secondary N) is 1. The molecule has 0 atom stereocenters. The Morgan fingerprint density at radius 1 is 1.15 bits per heavy atom. The van der Waals surface area contributed by atoms with E-state index in [2.05, 4.69) is 4.57 Å². The molecule has 100 valence electrons. The Balaban J connectivity index is 1.98. The zero-order valence-corrected chi connectivity index (χ0v) is 10.9. The van der Waals surface area contributed by atoms with Crippen molar-refractivity contribution >= 4 is 16.7 Å². The standard InChI is InChI=1S/C16H15N3O/c17-16(18)13-4-5-15-12(9-13)6-7-19(15)10-11-2-1-3-14(20)8-11/h1-9,20H,10H2,(H3,17,18). The lowest BCUT2D eigenvalue weighted by Gasteiger charge is -2.07. The van der Waals surface area contributed by atoms with E-state index in [0.29, 0.717) is 6.54 Å². The maximum Gasteiger partial charge on any atom is 0.122 e. The van der Waals surface area contributed by atoms with Crippen LogP contribution in [0.4, 0.5) is 0 Å². The summed E-state index contributed by atoms with van der Waals surface area (Å²) in [7, 11) is 0. The Bertz CT molecular complexity index is 789. The maximum atomic E-state index is 9.51. The first kappa shape index (κ1) is 12.3. The fourth-order valence-corrected chi connectivity index (χ4v) is 2.36. The van der Waals surface area contributed by atoms with Crippen molar-refractivity contribution in [1.82, 2.24) is 4.57 Å². The molecule has 0 fully saturated rings. The molecule has 1 heterocycles. The molecule has 0 saturated heterocycles. The molecule has 3 rings (SSSR count). The molecule has 20 heavy (non-hydrogen) atoms. The summed E-state index contributed by atoms with van der Waals surface area (Å²) in [5.41, 5.74) is 8.35. The number of nitrogen functional groups attached to an aromatic ring is 1. The van der Waals surface area contributed by atoms with Gasteiger partial charge in [-0.05, 0) is 42.0 Å². The van der Waals surface area contributed by atoms with Crippen LogP contribution in [0.5, 0.6) is 5.75 Å². The van der Waals surface area contributed by atoms with Crippen LogP contribution >= 0.6 is 0 Å². The second-order valence-corrected chi connectivity index (χ2v) is 4.80. The molecule has 0 unspecified atom stereocenters. The molecule has 1 aromatic heterocycles. The van der Waals surface area contributed by atoms with Gasteiger partial charge in [-0.15, -0.1) is 0 Å². The van der Waals surface area contributed by atoms with E-state index in [4.69, 9.17) is 11.1 Å². The zero-order valence-electron chi connectivity index (χ0n) is 10.9. The Morgan fingerprint density at radius 2 is 2.00 bits per heavy atom. The van der Waals surface area contributed by atoms with Crippen LogP contribution in [0.25, 0.3) is 10.9 Å². The Hall–Kier alpha value is -2.75. The smallest absolute Gasteiger partial charge is 0.122 e. The van der Waals surface area contributed by atoms with Crippen molar-refractivity contribution in [2.24, 2.45) is 5.73 Å². The molecule has 4 N–H and O–H groups in total. The van der Waals surface area contributed by atoms with Gasteiger partial charge in [0, 0.05) is 29.2 Å². The lowest BCUT2D eigenvalue weighted by molar-refractivity contribution is 0.474. The third kappa shape index (κ3) is 2.23. The number of rotatable bonds is 3. The minimum atomic E-state index is 0.0765. The molecule has 2 aromatic carbocycles. The summed E-state index contributed by atoms with van der Waals surface area (Å²) in [6, 6.07) is 15.0. The second kappa shape index (κ2) is 4.74. The van der Waals surface area contributed by atoms with Crippen LogP contribution < -0.4 is 5.73 Å². The number of nitrogens with zero attached hydrogens (tertiary/aromatic N) is 1. The number of aromatic nitrogens is 1. The van der Waals surface area contributed by atoms with Gasteiger partial charge in [-0.25, -0.2) is 0 Å². The van der Waals surface area contributed by atoms with Crippen molar-refractivity contribution < 1.29 is 5.11 Å². The van der Waals surface area contributed by atoms with Crippen LogP contribution in [0.3, 0.4) is 0 Å². The van der Waals surface area contributed by atoms with E-state index in [0.717, 1.165) is 22.0 Å². The van der Waals surface area contributed by atoms with Crippen LogP contribution in [-0.2, 0) is 6.54 Å². The summed E-state index contributed by atoms with van der Waals surface area (Å²) < 4.78 is 2.11. The fraction of sp³-hybridized carbons (Fsp3) is 0.0625. The molecule has 0 radical (unpaired) electrons. The van der Waals surface area contributed by atoms with E-state index >= 15 is 0 Å². The lowest BCUT2D eigenvalue weighted by atomic mass is 10.1. The highest BCUT2D eigenvalue weighted by atomic mass is 16.3. The van der Waals surface area contributed by atoms with Crippen LogP contribution in [0, 0.1) is 5.41 Å². The van der Waals surface area contributed by atoms with E-state index < -0.39 is 0 Å². The van der Waals surface area contributed by atoms with E-state index in [1.807, 2.05) is 42.6 Å². The molecule has 3 aromatic rings. The molecule has 0 spiro atoms.